The van der Waals surface area contributed by atoms with Crippen molar-refractivity contribution in [2.75, 3.05) is 18.4 Å². The molecule has 1 saturated carbocycles. The van der Waals surface area contributed by atoms with Crippen LogP contribution in [0.5, 0.6) is 0 Å². The van der Waals surface area contributed by atoms with Gasteiger partial charge in [0.1, 0.15) is 12.4 Å². The van der Waals surface area contributed by atoms with E-state index in [1.54, 1.807) is 0 Å². The topological polar surface area (TPSA) is 95.6 Å². The number of benzene rings is 1. The molecule has 8 heteroatoms. The molecule has 144 valence electrons. The summed E-state index contributed by atoms with van der Waals surface area (Å²) in [5, 5.41) is 4.92. The van der Waals surface area contributed by atoms with Gasteiger partial charge in [0.25, 0.3) is 0 Å². The fourth-order valence-electron chi connectivity index (χ4n) is 3.76. The van der Waals surface area contributed by atoms with Gasteiger partial charge in [0.2, 0.25) is 23.6 Å². The number of hydrogen-bond donors (Lipinski definition) is 2. The summed E-state index contributed by atoms with van der Waals surface area (Å²) in [5.74, 6) is -2.07. The summed E-state index contributed by atoms with van der Waals surface area (Å²) in [4.78, 5) is 49.8. The number of hydrogen-bond acceptors (Lipinski definition) is 4. The Hall–Kier alpha value is -2.77. The van der Waals surface area contributed by atoms with Crippen LogP contribution < -0.4 is 10.6 Å². The average Bonchev–Trinajstić information content (AvgIpc) is 2.86. The van der Waals surface area contributed by atoms with Crippen LogP contribution in [0.4, 0.5) is 10.1 Å². The molecule has 4 amide bonds. The highest BCUT2D eigenvalue weighted by Gasteiger charge is 2.51. The van der Waals surface area contributed by atoms with Gasteiger partial charge in [-0.2, -0.15) is 0 Å². The maximum atomic E-state index is 12.8. The van der Waals surface area contributed by atoms with Gasteiger partial charge < -0.3 is 10.6 Å². The number of nitrogens with zero attached hydrogens (tertiary/aromatic N) is 1. The monoisotopic (exact) mass is 375 g/mol. The summed E-state index contributed by atoms with van der Waals surface area (Å²) >= 11 is 0. The molecule has 0 aromatic heterocycles. The van der Waals surface area contributed by atoms with Gasteiger partial charge in [0.05, 0.1) is 12.0 Å². The summed E-state index contributed by atoms with van der Waals surface area (Å²) < 4.78 is 12.8. The molecule has 1 aliphatic carbocycles. The average molecular weight is 375 g/mol. The molecule has 7 nitrogen and oxygen atoms in total. The highest BCUT2D eigenvalue weighted by Crippen LogP contribution is 2.45. The van der Waals surface area contributed by atoms with Crippen LogP contribution in [0.25, 0.3) is 0 Å². The van der Waals surface area contributed by atoms with E-state index in [9.17, 15) is 23.6 Å². The van der Waals surface area contributed by atoms with Gasteiger partial charge in [-0.05, 0) is 37.1 Å². The Morgan fingerprint density at radius 2 is 1.70 bits per heavy atom. The summed E-state index contributed by atoms with van der Waals surface area (Å²) in [5.41, 5.74) is -0.227. The number of nitrogens with one attached hydrogen (secondary N) is 2. The first kappa shape index (κ1) is 19.0. The van der Waals surface area contributed by atoms with E-state index in [1.165, 1.54) is 24.3 Å². The number of anilines is 1. The summed E-state index contributed by atoms with van der Waals surface area (Å²) in [6.07, 6.45) is 4.45. The molecule has 0 radical (unpaired) electrons. The van der Waals surface area contributed by atoms with E-state index in [4.69, 9.17) is 0 Å². The number of imide groups is 1. The molecule has 1 spiro atoms. The van der Waals surface area contributed by atoms with Crippen molar-refractivity contribution in [1.29, 1.82) is 0 Å². The molecule has 2 N–H and O–H groups in total. The molecule has 0 unspecified atom stereocenters. The molecule has 1 aliphatic heterocycles. The zero-order valence-electron chi connectivity index (χ0n) is 14.9. The first-order valence-electron chi connectivity index (χ1n) is 9.07. The SMILES string of the molecule is O=C(CN1C(=O)CC2(CCCCC2)C1=O)NCC(=O)Nc1ccc(F)cc1. The van der Waals surface area contributed by atoms with Crippen molar-refractivity contribution in [3.8, 4) is 0 Å². The van der Waals surface area contributed by atoms with Gasteiger partial charge in [-0.25, -0.2) is 4.39 Å². The van der Waals surface area contributed by atoms with Crippen LogP contribution in [0.1, 0.15) is 38.5 Å². The highest BCUT2D eigenvalue weighted by atomic mass is 19.1. The maximum absolute atomic E-state index is 12.8. The Labute approximate surface area is 156 Å². The van der Waals surface area contributed by atoms with E-state index in [2.05, 4.69) is 10.6 Å². The lowest BCUT2D eigenvalue weighted by molar-refractivity contribution is -0.145. The molecular weight excluding hydrogens is 353 g/mol. The van der Waals surface area contributed by atoms with E-state index >= 15 is 0 Å². The van der Waals surface area contributed by atoms with Gasteiger partial charge in [-0.15, -0.1) is 0 Å². The molecule has 1 aromatic carbocycles. The molecule has 2 aliphatic rings. The largest absolute Gasteiger partial charge is 0.345 e. The van der Waals surface area contributed by atoms with E-state index in [-0.39, 0.29) is 31.3 Å². The van der Waals surface area contributed by atoms with E-state index in [0.29, 0.717) is 18.5 Å². The Bertz CT molecular complexity index is 757. The van der Waals surface area contributed by atoms with E-state index in [1.807, 2.05) is 0 Å². The number of carbonyl (C=O) groups excluding carboxylic acids is 4. The Kier molecular flexibility index (Phi) is 5.53. The number of likely N-dealkylation sites (tertiary alicyclic amines) is 1. The highest BCUT2D eigenvalue weighted by molar-refractivity contribution is 6.08. The lowest BCUT2D eigenvalue weighted by Crippen LogP contribution is -2.44. The maximum Gasteiger partial charge on any atom is 0.243 e. The first-order chi connectivity index (χ1) is 12.9. The van der Waals surface area contributed by atoms with Crippen LogP contribution in [0.3, 0.4) is 0 Å². The van der Waals surface area contributed by atoms with E-state index < -0.39 is 23.0 Å². The number of amides is 4. The van der Waals surface area contributed by atoms with Crippen LogP contribution in [0.15, 0.2) is 24.3 Å². The van der Waals surface area contributed by atoms with Crippen molar-refractivity contribution >= 4 is 29.3 Å². The third kappa shape index (κ3) is 4.32. The van der Waals surface area contributed by atoms with Crippen molar-refractivity contribution in [3.63, 3.8) is 0 Å². The Morgan fingerprint density at radius 1 is 1.04 bits per heavy atom. The molecule has 1 aromatic rings. The van der Waals surface area contributed by atoms with Crippen molar-refractivity contribution in [2.24, 2.45) is 5.41 Å². The van der Waals surface area contributed by atoms with Crippen LogP contribution in [0.2, 0.25) is 0 Å². The van der Waals surface area contributed by atoms with Crippen LogP contribution >= 0.6 is 0 Å². The second kappa shape index (κ2) is 7.85. The minimum atomic E-state index is -0.629. The minimum absolute atomic E-state index is 0.171. The molecule has 1 heterocycles. The quantitative estimate of drug-likeness (QED) is 0.764. The third-order valence-electron chi connectivity index (χ3n) is 5.18. The smallest absolute Gasteiger partial charge is 0.243 e. The molecule has 3 rings (SSSR count). The number of carbonyl (C=O) groups is 4. The van der Waals surface area contributed by atoms with E-state index in [0.717, 1.165) is 24.2 Å². The summed E-state index contributed by atoms with van der Waals surface area (Å²) in [6.45, 7) is -0.680. The fourth-order valence-corrected chi connectivity index (χ4v) is 3.76. The third-order valence-corrected chi connectivity index (χ3v) is 5.18. The fraction of sp³-hybridized carbons (Fsp3) is 0.474. The summed E-state index contributed by atoms with van der Waals surface area (Å²) in [7, 11) is 0. The zero-order chi connectivity index (χ0) is 19.4. The standard InChI is InChI=1S/C19H22FN3O4/c20-13-4-6-14(7-5-13)22-15(24)11-21-16(25)12-23-17(26)10-19(18(23)27)8-2-1-3-9-19/h4-7H,1-3,8-12H2,(H,21,25)(H,22,24). The van der Waals surface area contributed by atoms with Crippen LogP contribution in [-0.2, 0) is 19.2 Å². The van der Waals surface area contributed by atoms with Gasteiger partial charge in [0.15, 0.2) is 0 Å². The molecule has 0 atom stereocenters. The Morgan fingerprint density at radius 3 is 2.37 bits per heavy atom. The molecule has 27 heavy (non-hydrogen) atoms. The van der Waals surface area contributed by atoms with Crippen LogP contribution in [0, 0.1) is 11.2 Å². The lowest BCUT2D eigenvalue weighted by atomic mass is 9.73. The molecular formula is C19H22FN3O4. The van der Waals surface area contributed by atoms with Gasteiger partial charge in [-0.1, -0.05) is 19.3 Å². The van der Waals surface area contributed by atoms with Gasteiger partial charge in [-0.3, -0.25) is 24.1 Å². The van der Waals surface area contributed by atoms with Gasteiger partial charge in [0, 0.05) is 12.1 Å². The molecule has 2 fully saturated rings. The number of rotatable bonds is 5. The second-order valence-electron chi connectivity index (χ2n) is 7.13. The van der Waals surface area contributed by atoms with Crippen molar-refractivity contribution in [3.05, 3.63) is 30.1 Å². The van der Waals surface area contributed by atoms with Gasteiger partial charge >= 0.3 is 0 Å². The first-order valence-corrected chi connectivity index (χ1v) is 9.07. The van der Waals surface area contributed by atoms with Crippen molar-refractivity contribution in [1.82, 2.24) is 10.2 Å². The van der Waals surface area contributed by atoms with Crippen LogP contribution in [-0.4, -0.2) is 41.6 Å². The molecule has 1 saturated heterocycles. The van der Waals surface area contributed by atoms with Crippen molar-refractivity contribution in [2.45, 2.75) is 38.5 Å². The Balaban J connectivity index is 1.49. The summed E-state index contributed by atoms with van der Waals surface area (Å²) in [6, 6.07) is 5.22. The predicted octanol–water partition coefficient (Wildman–Crippen LogP) is 1.59. The number of halogens is 1. The van der Waals surface area contributed by atoms with Crippen molar-refractivity contribution < 1.29 is 23.6 Å². The zero-order valence-corrected chi connectivity index (χ0v) is 14.9. The second-order valence-corrected chi connectivity index (χ2v) is 7.13. The molecule has 0 bridgehead atoms. The normalized spacial score (nSPS) is 18.6. The minimum Gasteiger partial charge on any atom is -0.345 e. The predicted molar refractivity (Wildman–Crippen MR) is 94.9 cm³/mol. The lowest BCUT2D eigenvalue weighted by Gasteiger charge is -2.30.